The first-order chi connectivity index (χ1) is 30.0. The first kappa shape index (κ1) is 50.9. The number of nitrogens with zero attached hydrogens (tertiary/aromatic N) is 6. The molecule has 2 aromatic carbocycles. The van der Waals surface area contributed by atoms with Crippen molar-refractivity contribution in [3.63, 3.8) is 0 Å². The molecule has 2 atom stereocenters. The summed E-state index contributed by atoms with van der Waals surface area (Å²) in [6.07, 6.45) is 2.84. The third-order valence-corrected chi connectivity index (χ3v) is 11.2. The number of carbonyl (C=O) groups is 3. The number of nitrogen functional groups attached to an aromatic ring is 2. The molecule has 2 aromatic heterocycles. The number of carbonyl (C=O) groups excluding carboxylic acids is 3. The molecule has 4 aromatic rings. The fourth-order valence-corrected chi connectivity index (χ4v) is 8.22. The molecular weight excluding hydrogens is 883 g/mol. The Labute approximate surface area is 390 Å². The molecule has 2 aliphatic heterocycles. The zero-order valence-electron chi connectivity index (χ0n) is 36.8. The Bertz CT molecular complexity index is 2380. The molecule has 0 aliphatic carbocycles. The van der Waals surface area contributed by atoms with Crippen molar-refractivity contribution in [3.05, 3.63) is 92.2 Å². The lowest BCUT2D eigenvalue weighted by molar-refractivity contribution is 0.0493. The summed E-state index contributed by atoms with van der Waals surface area (Å²) in [7, 11) is 0. The predicted molar refractivity (Wildman–Crippen MR) is 251 cm³/mol. The number of benzene rings is 2. The highest BCUT2D eigenvalue weighted by Crippen LogP contribution is 2.38. The highest BCUT2D eigenvalue weighted by molar-refractivity contribution is 6.31. The summed E-state index contributed by atoms with van der Waals surface area (Å²) in [5.41, 5.74) is 20.6. The predicted octanol–water partition coefficient (Wildman–Crippen LogP) is 7.48. The summed E-state index contributed by atoms with van der Waals surface area (Å²) in [6.45, 7) is 12.1. The number of hydrogen-bond acceptors (Lipinski definition) is 13. The van der Waals surface area contributed by atoms with Crippen LogP contribution < -0.4 is 32.3 Å². The van der Waals surface area contributed by atoms with Gasteiger partial charge in [0.25, 0.3) is 0 Å². The number of nitrogens with one attached hydrogen (secondary N) is 1. The maximum absolute atomic E-state index is 12.9. The molecule has 6 rings (SSSR count). The van der Waals surface area contributed by atoms with E-state index in [1.165, 1.54) is 0 Å². The number of esters is 2. The molecule has 7 N–H and O–H groups in total. The Kier molecular flexibility index (Phi) is 18.1. The molecule has 4 heterocycles. The fourth-order valence-electron chi connectivity index (χ4n) is 7.83. The second-order valence-corrected chi connectivity index (χ2v) is 17.0. The summed E-state index contributed by atoms with van der Waals surface area (Å²) in [4.78, 5) is 41.9. The van der Waals surface area contributed by atoms with Crippen molar-refractivity contribution < 1.29 is 28.6 Å². The molecule has 344 valence electrons. The monoisotopic (exact) mass is 938 g/mol. The van der Waals surface area contributed by atoms with Gasteiger partial charge < -0.3 is 55.7 Å². The number of nitriles is 2. The van der Waals surface area contributed by atoms with E-state index in [4.69, 9.17) is 54.6 Å². The van der Waals surface area contributed by atoms with Gasteiger partial charge in [-0.15, -0.1) is 12.4 Å². The van der Waals surface area contributed by atoms with Crippen LogP contribution in [-0.4, -0.2) is 84.2 Å². The summed E-state index contributed by atoms with van der Waals surface area (Å²) in [5.74, 6) is -0.0712. The number of aromatic nitrogens is 2. The van der Waals surface area contributed by atoms with Crippen LogP contribution in [0.3, 0.4) is 0 Å². The van der Waals surface area contributed by atoms with E-state index in [2.05, 4.69) is 17.5 Å². The van der Waals surface area contributed by atoms with Gasteiger partial charge in [0, 0.05) is 48.3 Å². The Morgan fingerprint density at radius 3 is 1.61 bits per heavy atom. The molecule has 0 spiro atoms. The average molecular weight is 940 g/mol. The number of piperidine rings is 2. The average Bonchev–Trinajstić information content (AvgIpc) is 3.67. The first-order valence-corrected chi connectivity index (χ1v) is 21.7. The maximum Gasteiger partial charge on any atom is 0.407 e. The van der Waals surface area contributed by atoms with Crippen molar-refractivity contribution in [3.8, 4) is 12.1 Å². The molecule has 0 radical (unpaired) electrons. The van der Waals surface area contributed by atoms with Crippen LogP contribution in [0, 0.1) is 22.7 Å². The number of rotatable bonds is 11. The van der Waals surface area contributed by atoms with Crippen LogP contribution >= 0.6 is 35.6 Å². The quantitative estimate of drug-likeness (QED) is 0.0845. The number of hydrogen-bond donors (Lipinski definition) is 4. The van der Waals surface area contributed by atoms with E-state index in [1.807, 2.05) is 46.2 Å². The smallest absolute Gasteiger partial charge is 0.407 e. The Morgan fingerprint density at radius 2 is 1.20 bits per heavy atom. The number of ether oxygens (including phenoxy) is 3. The molecule has 64 heavy (non-hydrogen) atoms. The summed E-state index contributed by atoms with van der Waals surface area (Å²) >= 11 is 12.8. The minimum absolute atomic E-state index is 0. The van der Waals surface area contributed by atoms with E-state index in [0.29, 0.717) is 47.9 Å². The van der Waals surface area contributed by atoms with Gasteiger partial charge in [-0.05, 0) is 83.6 Å². The minimum atomic E-state index is -0.612. The molecular formula is C45H57Cl3N10O6. The van der Waals surface area contributed by atoms with Crippen LogP contribution in [-0.2, 0) is 27.3 Å². The second kappa shape index (κ2) is 22.7. The van der Waals surface area contributed by atoms with Crippen LogP contribution in [0.1, 0.15) is 104 Å². The largest absolute Gasteiger partial charge is 0.461 e. The third kappa shape index (κ3) is 12.1. The molecule has 19 heteroatoms. The highest BCUT2D eigenvalue weighted by Gasteiger charge is 2.34. The van der Waals surface area contributed by atoms with Gasteiger partial charge in [-0.25, -0.2) is 14.4 Å². The van der Waals surface area contributed by atoms with Gasteiger partial charge in [-0.3, -0.25) is 0 Å². The highest BCUT2D eigenvalue weighted by atomic mass is 35.5. The van der Waals surface area contributed by atoms with E-state index in [9.17, 15) is 24.9 Å². The second-order valence-electron chi connectivity index (χ2n) is 16.2. The lowest BCUT2D eigenvalue weighted by atomic mass is 10.1. The number of amides is 1. The van der Waals surface area contributed by atoms with Gasteiger partial charge in [0.2, 0.25) is 0 Å². The fraction of sp³-hybridized carbons (Fsp3) is 0.444. The molecule has 0 saturated carbocycles. The Morgan fingerprint density at radius 1 is 0.766 bits per heavy atom. The summed E-state index contributed by atoms with van der Waals surface area (Å²) < 4.78 is 19.3. The van der Waals surface area contributed by atoms with Crippen molar-refractivity contribution in [1.29, 1.82) is 10.5 Å². The van der Waals surface area contributed by atoms with Gasteiger partial charge in [-0.1, -0.05) is 59.6 Å². The lowest BCUT2D eigenvalue weighted by Crippen LogP contribution is -2.49. The van der Waals surface area contributed by atoms with Crippen molar-refractivity contribution in [2.24, 2.45) is 5.73 Å². The van der Waals surface area contributed by atoms with Crippen LogP contribution in [0.25, 0.3) is 0 Å². The van der Waals surface area contributed by atoms with Crippen LogP contribution in [0.4, 0.5) is 27.8 Å². The van der Waals surface area contributed by atoms with E-state index in [1.54, 1.807) is 55.9 Å². The van der Waals surface area contributed by atoms with Crippen LogP contribution in [0.2, 0.25) is 10.0 Å². The molecule has 2 saturated heterocycles. The molecule has 0 unspecified atom stereocenters. The number of anilines is 4. The number of alkyl carbamates (subject to hydrolysis) is 1. The zero-order valence-corrected chi connectivity index (χ0v) is 39.1. The molecule has 1 amide bonds. The Balaban J connectivity index is 0.000000283. The number of halogens is 3. The van der Waals surface area contributed by atoms with Gasteiger partial charge in [0.1, 0.15) is 40.5 Å². The van der Waals surface area contributed by atoms with E-state index >= 15 is 0 Å². The number of nitrogens with two attached hydrogens (primary N) is 3. The normalized spacial score (nSPS) is 16.0. The van der Waals surface area contributed by atoms with Crippen molar-refractivity contribution in [2.45, 2.75) is 91.1 Å². The molecule has 2 aliphatic rings. The third-order valence-electron chi connectivity index (χ3n) is 10.5. The Hall–Kier alpha value is -5.78. The topological polar surface area (TPSA) is 233 Å². The van der Waals surface area contributed by atoms with Crippen molar-refractivity contribution in [2.75, 3.05) is 60.7 Å². The van der Waals surface area contributed by atoms with Gasteiger partial charge >= 0.3 is 18.0 Å². The molecule has 16 nitrogen and oxygen atoms in total. The van der Waals surface area contributed by atoms with E-state index in [0.717, 1.165) is 43.4 Å². The lowest BCUT2D eigenvalue weighted by Gasteiger charge is -2.35. The summed E-state index contributed by atoms with van der Waals surface area (Å²) in [6, 6.07) is 18.8. The van der Waals surface area contributed by atoms with Crippen molar-refractivity contribution in [1.82, 2.24) is 14.5 Å². The van der Waals surface area contributed by atoms with E-state index in [-0.39, 0.29) is 78.1 Å². The van der Waals surface area contributed by atoms with Crippen LogP contribution in [0.15, 0.2) is 48.5 Å². The van der Waals surface area contributed by atoms with Crippen LogP contribution in [0.5, 0.6) is 0 Å². The van der Waals surface area contributed by atoms with Gasteiger partial charge in [-0.2, -0.15) is 10.5 Å². The van der Waals surface area contributed by atoms with Gasteiger partial charge in [0.15, 0.2) is 11.4 Å². The molecule has 2 fully saturated rings. The SMILES string of the molecule is CCOC(=O)c1c(N)c(C#N)c(N2CCC[C@@H](N)C2)n1Cc1ccccc1Cl.CCOC(=O)c1c(N)c(C#N)c(N2CCC[C@@H](NC(=O)OC(C)(C)C)C2)n1Cc1ccccc1Cl.Cl. The van der Waals surface area contributed by atoms with E-state index < -0.39 is 23.6 Å². The van der Waals surface area contributed by atoms with Crippen molar-refractivity contribution >= 4 is 76.7 Å². The molecule has 0 bridgehead atoms. The standard InChI is InChI=1S/C25H32ClN5O4.C20H24ClN5O2.ClH/c1-5-34-23(32)21-20(28)18(13-27)22(31(21)14-16-9-6-7-11-19(16)26)30-12-8-10-17(15-30)29-24(33)35-25(2,3)4;1-2-28-20(27)18-17(24)15(10-22)19(25-9-5-7-14(23)12-25)26(18)11-13-6-3-4-8-16(13)21;/h6-7,9,11,17H,5,8,10,12,14-15,28H2,1-4H3,(H,29,33);3-4,6,8,14H,2,5,7,9,11-12,23-24H2,1H3;1H/t17-;14-;/m11./s1. The first-order valence-electron chi connectivity index (χ1n) is 20.9. The zero-order chi connectivity index (χ0) is 46.0. The summed E-state index contributed by atoms with van der Waals surface area (Å²) in [5, 5.41) is 23.8. The maximum atomic E-state index is 12.9. The van der Waals surface area contributed by atoms with Gasteiger partial charge in [0.05, 0.1) is 37.7 Å². The minimum Gasteiger partial charge on any atom is -0.461 e.